The molecule has 4 heteroatoms. The predicted octanol–water partition coefficient (Wildman–Crippen LogP) is 0.485. The molecule has 0 saturated carbocycles. The summed E-state index contributed by atoms with van der Waals surface area (Å²) in [5, 5.41) is 6.89. The normalized spacial score (nSPS) is 26.3. The lowest BCUT2D eigenvalue weighted by Gasteiger charge is -2.17. The zero-order chi connectivity index (χ0) is 10.4. The highest BCUT2D eigenvalue weighted by atomic mass is 32.2. The molecule has 3 unspecified atom stereocenters. The van der Waals surface area contributed by atoms with E-state index in [9.17, 15) is 4.21 Å². The van der Waals surface area contributed by atoms with Gasteiger partial charge >= 0.3 is 0 Å². The Balaban J connectivity index is 2.03. The molecule has 1 aliphatic rings. The van der Waals surface area contributed by atoms with Crippen LogP contribution in [0, 0.1) is 0 Å². The van der Waals surface area contributed by atoms with Gasteiger partial charge in [-0.3, -0.25) is 4.21 Å². The molecule has 1 aliphatic heterocycles. The second kappa shape index (κ2) is 6.53. The molecule has 3 nitrogen and oxygen atoms in total. The average Bonchev–Trinajstić information content (AvgIpc) is 2.56. The highest BCUT2D eigenvalue weighted by Crippen LogP contribution is 2.10. The Morgan fingerprint density at radius 2 is 2.43 bits per heavy atom. The van der Waals surface area contributed by atoms with Crippen molar-refractivity contribution in [3.8, 4) is 0 Å². The highest BCUT2D eigenvalue weighted by molar-refractivity contribution is 7.84. The molecule has 0 aromatic rings. The zero-order valence-electron chi connectivity index (χ0n) is 9.21. The van der Waals surface area contributed by atoms with Crippen LogP contribution in [0.4, 0.5) is 0 Å². The van der Waals surface area contributed by atoms with Crippen LogP contribution in [0.25, 0.3) is 0 Å². The molecule has 0 aromatic heterocycles. The van der Waals surface area contributed by atoms with E-state index >= 15 is 0 Å². The monoisotopic (exact) mass is 218 g/mol. The van der Waals surface area contributed by atoms with Gasteiger partial charge in [0.25, 0.3) is 0 Å². The molecule has 1 saturated heterocycles. The number of hydrogen-bond donors (Lipinski definition) is 2. The number of rotatable bonds is 6. The molecule has 0 radical (unpaired) electrons. The summed E-state index contributed by atoms with van der Waals surface area (Å²) in [6, 6.07) is 1.23. The van der Waals surface area contributed by atoms with Crippen molar-refractivity contribution < 1.29 is 4.21 Å². The van der Waals surface area contributed by atoms with E-state index in [0.717, 1.165) is 12.3 Å². The summed E-state index contributed by atoms with van der Waals surface area (Å²) in [6.07, 6.45) is 5.57. The van der Waals surface area contributed by atoms with Crippen LogP contribution in [0.15, 0.2) is 0 Å². The van der Waals surface area contributed by atoms with Gasteiger partial charge < -0.3 is 10.6 Å². The maximum Gasteiger partial charge on any atom is 0.0357 e. The lowest BCUT2D eigenvalue weighted by atomic mass is 10.1. The lowest BCUT2D eigenvalue weighted by Crippen LogP contribution is -2.35. The SMILES string of the molecule is CC(CC1CCCN1)NCCS(C)=O. The topological polar surface area (TPSA) is 41.1 Å². The van der Waals surface area contributed by atoms with E-state index in [1.807, 2.05) is 0 Å². The van der Waals surface area contributed by atoms with Crippen molar-refractivity contribution >= 4 is 10.8 Å². The van der Waals surface area contributed by atoms with Crippen LogP contribution < -0.4 is 10.6 Å². The van der Waals surface area contributed by atoms with Gasteiger partial charge in [-0.2, -0.15) is 0 Å². The molecule has 0 aliphatic carbocycles. The first-order valence-electron chi connectivity index (χ1n) is 5.45. The Kier molecular flexibility index (Phi) is 5.67. The molecule has 1 fully saturated rings. The largest absolute Gasteiger partial charge is 0.314 e. The molecule has 14 heavy (non-hydrogen) atoms. The second-order valence-electron chi connectivity index (χ2n) is 4.16. The molecule has 3 atom stereocenters. The van der Waals surface area contributed by atoms with Crippen molar-refractivity contribution in [1.82, 2.24) is 10.6 Å². The minimum absolute atomic E-state index is 0.536. The van der Waals surface area contributed by atoms with Gasteiger partial charge in [0.1, 0.15) is 0 Å². The van der Waals surface area contributed by atoms with E-state index in [4.69, 9.17) is 0 Å². The van der Waals surface area contributed by atoms with E-state index < -0.39 is 10.8 Å². The van der Waals surface area contributed by atoms with Crippen molar-refractivity contribution in [3.63, 3.8) is 0 Å². The summed E-state index contributed by atoms with van der Waals surface area (Å²) in [7, 11) is -0.664. The zero-order valence-corrected chi connectivity index (χ0v) is 10.0. The maximum atomic E-state index is 10.8. The minimum Gasteiger partial charge on any atom is -0.314 e. The van der Waals surface area contributed by atoms with Crippen LogP contribution >= 0.6 is 0 Å². The molecular weight excluding hydrogens is 196 g/mol. The average molecular weight is 218 g/mol. The Morgan fingerprint density at radius 1 is 1.64 bits per heavy atom. The highest BCUT2D eigenvalue weighted by Gasteiger charge is 2.16. The Hall–Kier alpha value is 0.0700. The lowest BCUT2D eigenvalue weighted by molar-refractivity contribution is 0.449. The molecule has 1 rings (SSSR count). The fraction of sp³-hybridized carbons (Fsp3) is 1.00. The first-order chi connectivity index (χ1) is 6.68. The molecule has 0 amide bonds. The third-order valence-corrected chi connectivity index (χ3v) is 3.46. The number of nitrogens with one attached hydrogen (secondary N) is 2. The van der Waals surface area contributed by atoms with E-state index in [2.05, 4.69) is 17.6 Å². The van der Waals surface area contributed by atoms with Gasteiger partial charge in [-0.1, -0.05) is 0 Å². The van der Waals surface area contributed by atoms with E-state index in [1.165, 1.54) is 25.8 Å². The van der Waals surface area contributed by atoms with Crippen LogP contribution in [-0.4, -0.2) is 41.4 Å². The van der Waals surface area contributed by atoms with Crippen molar-refractivity contribution in [3.05, 3.63) is 0 Å². The maximum absolute atomic E-state index is 10.8. The summed E-state index contributed by atoms with van der Waals surface area (Å²) in [6.45, 7) is 4.26. The molecule has 84 valence electrons. The van der Waals surface area contributed by atoms with Gasteiger partial charge in [0, 0.05) is 41.4 Å². The summed E-state index contributed by atoms with van der Waals surface area (Å²) >= 11 is 0. The quantitative estimate of drug-likeness (QED) is 0.681. The van der Waals surface area contributed by atoms with Gasteiger partial charge in [-0.05, 0) is 32.7 Å². The fourth-order valence-corrected chi connectivity index (χ4v) is 2.32. The van der Waals surface area contributed by atoms with Crippen molar-refractivity contribution in [2.24, 2.45) is 0 Å². The third kappa shape index (κ3) is 5.08. The summed E-state index contributed by atoms with van der Waals surface area (Å²) in [5.41, 5.74) is 0. The van der Waals surface area contributed by atoms with Crippen LogP contribution in [0.5, 0.6) is 0 Å². The van der Waals surface area contributed by atoms with Crippen LogP contribution in [0.1, 0.15) is 26.2 Å². The molecule has 0 spiro atoms. The first-order valence-corrected chi connectivity index (χ1v) is 7.18. The standard InChI is InChI=1S/C10H22N2OS/c1-9(11-6-7-14(2)13)8-10-4-3-5-12-10/h9-12H,3-8H2,1-2H3. The van der Waals surface area contributed by atoms with Crippen LogP contribution in [0.3, 0.4) is 0 Å². The molecule has 1 heterocycles. The summed E-state index contributed by atoms with van der Waals surface area (Å²) < 4.78 is 10.8. The molecule has 0 bridgehead atoms. The van der Waals surface area contributed by atoms with Crippen molar-refractivity contribution in [2.75, 3.05) is 25.1 Å². The van der Waals surface area contributed by atoms with Crippen molar-refractivity contribution in [1.29, 1.82) is 0 Å². The Labute approximate surface area is 89.5 Å². The van der Waals surface area contributed by atoms with Gasteiger partial charge in [0.05, 0.1) is 0 Å². The molecular formula is C10H22N2OS. The fourth-order valence-electron chi connectivity index (χ4n) is 1.92. The van der Waals surface area contributed by atoms with E-state index in [-0.39, 0.29) is 0 Å². The second-order valence-corrected chi connectivity index (χ2v) is 5.72. The predicted molar refractivity (Wildman–Crippen MR) is 62.0 cm³/mol. The van der Waals surface area contributed by atoms with E-state index in [0.29, 0.717) is 12.1 Å². The van der Waals surface area contributed by atoms with Gasteiger partial charge in [0.2, 0.25) is 0 Å². The molecule has 0 aromatic carbocycles. The third-order valence-electron chi connectivity index (χ3n) is 2.68. The van der Waals surface area contributed by atoms with Gasteiger partial charge in [-0.25, -0.2) is 0 Å². The smallest absolute Gasteiger partial charge is 0.0357 e. The van der Waals surface area contributed by atoms with Gasteiger partial charge in [0.15, 0.2) is 0 Å². The molecule has 2 N–H and O–H groups in total. The van der Waals surface area contributed by atoms with Crippen LogP contribution in [-0.2, 0) is 10.8 Å². The van der Waals surface area contributed by atoms with Gasteiger partial charge in [-0.15, -0.1) is 0 Å². The number of hydrogen-bond acceptors (Lipinski definition) is 3. The summed E-state index contributed by atoms with van der Waals surface area (Å²) in [4.78, 5) is 0. The van der Waals surface area contributed by atoms with Crippen LogP contribution in [0.2, 0.25) is 0 Å². The Bertz CT molecular complexity index is 181. The summed E-state index contributed by atoms with van der Waals surface area (Å²) in [5.74, 6) is 0.766. The van der Waals surface area contributed by atoms with Crippen molar-refractivity contribution in [2.45, 2.75) is 38.3 Å². The minimum atomic E-state index is -0.664. The Morgan fingerprint density at radius 3 is 3.00 bits per heavy atom. The first kappa shape index (κ1) is 12.1. The van der Waals surface area contributed by atoms with E-state index in [1.54, 1.807) is 6.26 Å².